The van der Waals surface area contributed by atoms with Crippen LogP contribution in [0.2, 0.25) is 0 Å². The van der Waals surface area contributed by atoms with E-state index in [0.29, 0.717) is 18.9 Å². The lowest BCUT2D eigenvalue weighted by atomic mass is 9.77. The molecule has 1 saturated carbocycles. The molecule has 1 fully saturated rings. The van der Waals surface area contributed by atoms with Crippen LogP contribution >= 0.6 is 12.4 Å². The van der Waals surface area contributed by atoms with Crippen molar-refractivity contribution in [1.82, 2.24) is 5.32 Å². The van der Waals surface area contributed by atoms with Gasteiger partial charge in [0.1, 0.15) is 0 Å². The Morgan fingerprint density at radius 2 is 1.94 bits per heavy atom. The first-order valence-corrected chi connectivity index (χ1v) is 6.28. The van der Waals surface area contributed by atoms with Gasteiger partial charge in [-0.05, 0) is 30.6 Å². The molecule has 17 heavy (non-hydrogen) atoms. The molecule has 0 aromatic heterocycles. The third-order valence-corrected chi connectivity index (χ3v) is 3.96. The first-order valence-electron chi connectivity index (χ1n) is 6.28. The van der Waals surface area contributed by atoms with Crippen molar-refractivity contribution in [3.63, 3.8) is 0 Å². The quantitative estimate of drug-likeness (QED) is 0.818. The summed E-state index contributed by atoms with van der Waals surface area (Å²) < 4.78 is 0. The van der Waals surface area contributed by atoms with E-state index in [1.54, 1.807) is 0 Å². The van der Waals surface area contributed by atoms with Crippen LogP contribution in [0.5, 0.6) is 0 Å². The van der Waals surface area contributed by atoms with Crippen LogP contribution in [-0.2, 0) is 4.79 Å². The van der Waals surface area contributed by atoms with Gasteiger partial charge in [0.05, 0.1) is 0 Å². The number of halogens is 1. The fourth-order valence-corrected chi connectivity index (χ4v) is 1.74. The van der Waals surface area contributed by atoms with Crippen LogP contribution < -0.4 is 11.1 Å². The smallest absolute Gasteiger partial charge is 0.220 e. The van der Waals surface area contributed by atoms with Gasteiger partial charge in [-0.15, -0.1) is 12.4 Å². The highest BCUT2D eigenvalue weighted by Crippen LogP contribution is 2.29. The van der Waals surface area contributed by atoms with E-state index in [0.717, 1.165) is 12.8 Å². The molecule has 0 aromatic rings. The average Bonchev–Trinajstić information content (AvgIpc) is 2.10. The Labute approximate surface area is 111 Å². The number of amides is 1. The molecule has 1 atom stereocenters. The van der Waals surface area contributed by atoms with E-state index in [9.17, 15) is 4.79 Å². The molecule has 0 spiro atoms. The summed E-state index contributed by atoms with van der Waals surface area (Å²) in [6, 6.07) is 0. The van der Waals surface area contributed by atoms with Gasteiger partial charge in [0, 0.05) is 18.5 Å². The first kappa shape index (κ1) is 16.7. The number of carbonyl (C=O) groups excluding carboxylic acids is 1. The van der Waals surface area contributed by atoms with E-state index >= 15 is 0 Å². The van der Waals surface area contributed by atoms with Crippen LogP contribution in [0.1, 0.15) is 53.4 Å². The Morgan fingerprint density at radius 3 is 2.29 bits per heavy atom. The molecular formula is C13H27ClN2O. The monoisotopic (exact) mass is 262 g/mol. The van der Waals surface area contributed by atoms with Gasteiger partial charge in [0.2, 0.25) is 5.91 Å². The first-order chi connectivity index (χ1) is 7.23. The summed E-state index contributed by atoms with van der Waals surface area (Å²) >= 11 is 0. The number of hydrogen-bond acceptors (Lipinski definition) is 2. The molecule has 1 aliphatic rings. The third-order valence-electron chi connectivity index (χ3n) is 3.96. The number of carbonyl (C=O) groups is 1. The molecule has 0 aliphatic heterocycles. The summed E-state index contributed by atoms with van der Waals surface area (Å²) in [6.07, 6.45) is 3.88. The molecule has 3 nitrogen and oxygen atoms in total. The lowest BCUT2D eigenvalue weighted by Gasteiger charge is -2.38. The van der Waals surface area contributed by atoms with Crippen molar-refractivity contribution >= 4 is 18.3 Å². The summed E-state index contributed by atoms with van der Waals surface area (Å²) in [7, 11) is 0. The topological polar surface area (TPSA) is 55.1 Å². The Bertz CT molecular complexity index is 257. The van der Waals surface area contributed by atoms with E-state index < -0.39 is 0 Å². The molecule has 1 amide bonds. The van der Waals surface area contributed by atoms with Crippen molar-refractivity contribution in [3.8, 4) is 0 Å². The van der Waals surface area contributed by atoms with E-state index in [-0.39, 0.29) is 29.3 Å². The minimum atomic E-state index is -0.110. The van der Waals surface area contributed by atoms with Gasteiger partial charge in [0.15, 0.2) is 0 Å². The summed E-state index contributed by atoms with van der Waals surface area (Å²) in [5, 5.41) is 2.96. The standard InChI is InChI=1S/C13H26N2O.ClH/c1-10(12(2,3)4)8-11(16)15-9-13(14)6-5-7-13;/h10H,5-9,14H2,1-4H3,(H,15,16);1H. The van der Waals surface area contributed by atoms with Crippen LogP contribution in [0.15, 0.2) is 0 Å². The molecule has 3 N–H and O–H groups in total. The highest BCUT2D eigenvalue weighted by atomic mass is 35.5. The van der Waals surface area contributed by atoms with Crippen molar-refractivity contribution in [2.45, 2.75) is 58.9 Å². The molecule has 102 valence electrons. The van der Waals surface area contributed by atoms with Crippen LogP contribution in [0.25, 0.3) is 0 Å². The zero-order valence-electron chi connectivity index (χ0n) is 11.5. The minimum absolute atomic E-state index is 0. The van der Waals surface area contributed by atoms with Crippen LogP contribution in [-0.4, -0.2) is 18.0 Å². The highest BCUT2D eigenvalue weighted by Gasteiger charge is 2.33. The molecule has 4 heteroatoms. The second-order valence-corrected chi connectivity index (χ2v) is 6.46. The molecule has 0 aromatic carbocycles. The van der Waals surface area contributed by atoms with Crippen LogP contribution in [0.3, 0.4) is 0 Å². The maximum absolute atomic E-state index is 11.7. The zero-order chi connectivity index (χ0) is 12.4. The van der Waals surface area contributed by atoms with Crippen molar-refractivity contribution in [3.05, 3.63) is 0 Å². The SMILES string of the molecule is CC(CC(=O)NCC1(N)CCC1)C(C)(C)C.Cl. The van der Waals surface area contributed by atoms with Gasteiger partial charge in [-0.25, -0.2) is 0 Å². The van der Waals surface area contributed by atoms with E-state index in [2.05, 4.69) is 33.0 Å². The Kier molecular flexibility index (Phi) is 5.95. The lowest BCUT2D eigenvalue weighted by Crippen LogP contribution is -2.55. The zero-order valence-corrected chi connectivity index (χ0v) is 12.3. The number of rotatable bonds is 4. The fourth-order valence-electron chi connectivity index (χ4n) is 1.74. The van der Waals surface area contributed by atoms with Gasteiger partial charge in [-0.3, -0.25) is 4.79 Å². The van der Waals surface area contributed by atoms with Gasteiger partial charge < -0.3 is 11.1 Å². The largest absolute Gasteiger partial charge is 0.354 e. The maximum Gasteiger partial charge on any atom is 0.220 e. The number of nitrogens with one attached hydrogen (secondary N) is 1. The Hall–Kier alpha value is -0.280. The second kappa shape index (κ2) is 6.05. The molecule has 0 radical (unpaired) electrons. The van der Waals surface area contributed by atoms with E-state index in [1.165, 1.54) is 6.42 Å². The predicted octanol–water partition coefficient (Wildman–Crippen LogP) is 2.48. The summed E-state index contributed by atoms with van der Waals surface area (Å²) in [5.74, 6) is 0.529. The highest BCUT2D eigenvalue weighted by molar-refractivity contribution is 5.85. The summed E-state index contributed by atoms with van der Waals surface area (Å²) in [4.78, 5) is 11.7. The van der Waals surface area contributed by atoms with Crippen molar-refractivity contribution < 1.29 is 4.79 Å². The van der Waals surface area contributed by atoms with E-state index in [1.807, 2.05) is 0 Å². The maximum atomic E-state index is 11.7. The molecule has 1 unspecified atom stereocenters. The molecule has 0 saturated heterocycles. The van der Waals surface area contributed by atoms with Crippen molar-refractivity contribution in [1.29, 1.82) is 0 Å². The Morgan fingerprint density at radius 1 is 1.41 bits per heavy atom. The van der Waals surface area contributed by atoms with E-state index in [4.69, 9.17) is 5.73 Å². The van der Waals surface area contributed by atoms with Gasteiger partial charge in [-0.1, -0.05) is 27.7 Å². The second-order valence-electron chi connectivity index (χ2n) is 6.46. The number of hydrogen-bond donors (Lipinski definition) is 2. The van der Waals surface area contributed by atoms with Crippen LogP contribution in [0.4, 0.5) is 0 Å². The number of nitrogens with two attached hydrogens (primary N) is 1. The normalized spacial score (nSPS) is 19.8. The molecule has 0 bridgehead atoms. The summed E-state index contributed by atoms with van der Waals surface area (Å²) in [6.45, 7) is 9.27. The van der Waals surface area contributed by atoms with Crippen molar-refractivity contribution in [2.24, 2.45) is 17.1 Å². The lowest BCUT2D eigenvalue weighted by molar-refractivity contribution is -0.123. The minimum Gasteiger partial charge on any atom is -0.354 e. The molecule has 0 heterocycles. The predicted molar refractivity (Wildman–Crippen MR) is 74.3 cm³/mol. The van der Waals surface area contributed by atoms with Crippen molar-refractivity contribution in [2.75, 3.05) is 6.54 Å². The average molecular weight is 263 g/mol. The van der Waals surface area contributed by atoms with Gasteiger partial charge in [-0.2, -0.15) is 0 Å². The fraction of sp³-hybridized carbons (Fsp3) is 0.923. The third kappa shape index (κ3) is 5.26. The van der Waals surface area contributed by atoms with Gasteiger partial charge >= 0.3 is 0 Å². The molecule has 1 rings (SSSR count). The summed E-state index contributed by atoms with van der Waals surface area (Å²) in [5.41, 5.74) is 6.13. The molecule has 1 aliphatic carbocycles. The molecular weight excluding hydrogens is 236 g/mol. The van der Waals surface area contributed by atoms with Gasteiger partial charge in [0.25, 0.3) is 0 Å². The van der Waals surface area contributed by atoms with Crippen LogP contribution in [0, 0.1) is 11.3 Å². The Balaban J connectivity index is 0.00000256.